The summed E-state index contributed by atoms with van der Waals surface area (Å²) in [5.74, 6) is 4.47. The number of ether oxygens (including phenoxy) is 8. The molecule has 8 aliphatic heterocycles. The van der Waals surface area contributed by atoms with Crippen molar-refractivity contribution in [2.45, 2.75) is 296 Å². The fourth-order valence-electron chi connectivity index (χ4n) is 15.4. The molecule has 0 bridgehead atoms. The summed E-state index contributed by atoms with van der Waals surface area (Å²) in [5.41, 5.74) is 28.8. The molecule has 0 aromatic heterocycles. The number of fused-ring (bicyclic) bond motifs is 4. The molecule has 8 rings (SSSR count). The van der Waals surface area contributed by atoms with Crippen LogP contribution in [0.4, 0.5) is 19.2 Å². The number of nitrogens with one attached hydrogen (secondary N) is 16. The van der Waals surface area contributed by atoms with Crippen LogP contribution in [0.3, 0.4) is 0 Å². The molecule has 27 N–H and O–H groups in total. The highest BCUT2D eigenvalue weighted by atomic mass is 33.1. The lowest BCUT2D eigenvalue weighted by atomic mass is 10.0. The topological polar surface area (TPSA) is 639 Å². The van der Waals surface area contributed by atoms with Crippen LogP contribution in [0.25, 0.3) is 0 Å². The lowest BCUT2D eigenvalue weighted by Crippen LogP contribution is -2.53. The molecule has 6 unspecified atom stereocenters. The molecule has 0 aromatic carbocycles. The van der Waals surface area contributed by atoms with Crippen molar-refractivity contribution in [2.24, 2.45) is 34.6 Å². The van der Waals surface area contributed by atoms with Gasteiger partial charge in [0.2, 0.25) is 47.3 Å². The molecule has 0 radical (unpaired) electrons. The van der Waals surface area contributed by atoms with Gasteiger partial charge in [-0.15, -0.1) is 0 Å². The van der Waals surface area contributed by atoms with E-state index < -0.39 is 27.5 Å². The number of unbranched alkanes of at least 4 members (excludes halogenated alkanes) is 4. The summed E-state index contributed by atoms with van der Waals surface area (Å²) in [7, 11) is 12.4. The van der Waals surface area contributed by atoms with E-state index >= 15 is 0 Å². The summed E-state index contributed by atoms with van der Waals surface area (Å²) in [6, 6.07) is -0.274. The number of amides is 16. The molecule has 0 aliphatic carbocycles. The highest BCUT2D eigenvalue weighted by molar-refractivity contribution is 8.78. The molecule has 16 atom stereocenters. The van der Waals surface area contributed by atoms with Crippen LogP contribution in [0, 0.1) is 5.92 Å². The molecule has 16 amide bonds. The minimum atomic E-state index is -1.08. The first kappa shape index (κ1) is 136. The van der Waals surface area contributed by atoms with Gasteiger partial charge in [0.1, 0.15) is 6.04 Å². The highest BCUT2D eigenvalue weighted by Gasteiger charge is 2.47. The predicted octanol–water partition coefficient (Wildman–Crippen LogP) is 4.97. The molecule has 43 nitrogen and oxygen atoms in total. The first-order chi connectivity index (χ1) is 71.7. The van der Waals surface area contributed by atoms with E-state index in [2.05, 4.69) is 113 Å². The average Bonchev–Trinajstić information content (AvgIpc) is 1.64. The fourth-order valence-corrected chi connectivity index (χ4v) is 31.6. The van der Waals surface area contributed by atoms with E-state index in [-0.39, 0.29) is 152 Å². The zero-order valence-corrected chi connectivity index (χ0v) is 99.3. The quantitative estimate of drug-likeness (QED) is 0.0217. The number of carbonyl (C=O) groups is 13. The Bertz CT molecular complexity index is 3930. The van der Waals surface area contributed by atoms with E-state index in [1.54, 1.807) is 67.8 Å². The molecular formula is C95H177N21O22S12. The Hall–Kier alpha value is -4.01. The summed E-state index contributed by atoms with van der Waals surface area (Å²) in [4.78, 5) is 154. The van der Waals surface area contributed by atoms with Gasteiger partial charge in [0, 0.05) is 179 Å². The van der Waals surface area contributed by atoms with Crippen LogP contribution in [-0.4, -0.2) is 406 Å². The largest absolute Gasteiger partial charge is 0.480 e. The van der Waals surface area contributed by atoms with Crippen LogP contribution >= 0.6 is 133 Å². The molecule has 0 aromatic rings. The van der Waals surface area contributed by atoms with Crippen LogP contribution in [0.2, 0.25) is 0 Å². The Labute approximate surface area is 936 Å². The molecule has 150 heavy (non-hydrogen) atoms. The molecule has 55 heteroatoms. The third-order valence-electron chi connectivity index (χ3n) is 24.5. The van der Waals surface area contributed by atoms with Gasteiger partial charge >= 0.3 is 30.1 Å². The number of carboxylic acid groups (broad SMARTS) is 1. The van der Waals surface area contributed by atoms with Crippen LogP contribution in [0.5, 0.6) is 0 Å². The summed E-state index contributed by atoms with van der Waals surface area (Å²) >= 11 is 7.58. The van der Waals surface area contributed by atoms with Crippen LogP contribution in [0.15, 0.2) is 0 Å². The molecule has 0 saturated carbocycles. The van der Waals surface area contributed by atoms with Crippen LogP contribution in [0.1, 0.15) is 185 Å². The Kier molecular flexibility index (Phi) is 71.2. The van der Waals surface area contributed by atoms with Crippen molar-refractivity contribution < 1.29 is 105 Å². The van der Waals surface area contributed by atoms with E-state index in [0.29, 0.717) is 224 Å². The minimum absolute atomic E-state index is 0.00399. The van der Waals surface area contributed by atoms with E-state index in [4.69, 9.17) is 66.6 Å². The molecule has 8 aliphatic rings. The number of hydrogen-bond acceptors (Lipinski definition) is 38. The molecule has 0 spiro atoms. The average molecular weight is 2350 g/mol. The molecule has 8 saturated heterocycles. The van der Waals surface area contributed by atoms with Crippen LogP contribution in [-0.2, 0) is 81.0 Å². The van der Waals surface area contributed by atoms with Gasteiger partial charge in [-0.05, 0) is 120 Å². The number of rotatable bonds is 80. The second-order valence-electron chi connectivity index (χ2n) is 39.4. The lowest BCUT2D eigenvalue weighted by molar-refractivity contribution is -0.139. The van der Waals surface area contributed by atoms with E-state index in [9.17, 15) is 67.4 Å². The van der Waals surface area contributed by atoms with E-state index in [1.807, 2.05) is 81.7 Å². The second-order valence-corrected chi connectivity index (χ2v) is 57.0. The van der Waals surface area contributed by atoms with Crippen molar-refractivity contribution in [3.8, 4) is 0 Å². The van der Waals surface area contributed by atoms with Crippen LogP contribution < -0.4 is 114 Å². The van der Waals surface area contributed by atoms with Gasteiger partial charge in [0.15, 0.2) is 0 Å². The third-order valence-corrected chi connectivity index (χ3v) is 44.9. The van der Waals surface area contributed by atoms with Gasteiger partial charge in [-0.1, -0.05) is 126 Å². The Balaban J connectivity index is 0.000000352. The van der Waals surface area contributed by atoms with Gasteiger partial charge in [0.05, 0.1) is 171 Å². The Morgan fingerprint density at radius 1 is 0.347 bits per heavy atom. The van der Waals surface area contributed by atoms with Gasteiger partial charge in [-0.3, -0.25) is 43.2 Å². The SMILES string of the molecule is CC(C)(SSC(C)(C)[C@@H](N)C(=O)NCCOCCOCCNC(=O)CCCCC1SC[C@H]2NC(=O)N[C@@H]12)[C@H](N)C(=O)O.CC(C)C(SSC(C)(C)CN)C(=O)NCCOCCOCCNC(=O)CCCCC1SC[C@H]2NC(=O)N[C@@H]12.CC(SSC(C)(C)CN)C(=O)NCCOCCOCCNC(=O)CCCCC1SC[C@H]2NC(=O)N[C@@H]12.NCCSSCCC(=O)NCCOCCOCCNC(=O)CCCCC1SC[C@H]2NC(=O)N[C@@H]12. The molecule has 866 valence electrons. The number of carboxylic acids is 1. The van der Waals surface area contributed by atoms with Gasteiger partial charge in [0.25, 0.3) is 0 Å². The highest BCUT2D eigenvalue weighted by Crippen LogP contribution is 2.47. The maximum absolute atomic E-state index is 12.5. The summed E-state index contributed by atoms with van der Waals surface area (Å²) < 4.78 is 42.3. The van der Waals surface area contributed by atoms with Crippen molar-refractivity contribution in [3.63, 3.8) is 0 Å². The van der Waals surface area contributed by atoms with Gasteiger partial charge in [-0.25, -0.2) is 19.2 Å². The van der Waals surface area contributed by atoms with Crippen molar-refractivity contribution >= 4 is 211 Å². The number of thioether (sulfide) groups is 4. The fraction of sp³-hybridized carbons (Fsp3) is 0.863. The number of carbonyl (C=O) groups excluding carboxylic acids is 12. The number of urea groups is 4. The summed E-state index contributed by atoms with van der Waals surface area (Å²) in [6.45, 7) is 33.4. The number of nitrogens with two attached hydrogens (primary N) is 5. The first-order valence-corrected chi connectivity index (χ1v) is 65.6. The minimum Gasteiger partial charge on any atom is -0.480 e. The summed E-state index contributed by atoms with van der Waals surface area (Å²) in [5, 5.41) is 57.3. The van der Waals surface area contributed by atoms with Crippen molar-refractivity contribution in [2.75, 3.05) is 212 Å². The van der Waals surface area contributed by atoms with Crippen molar-refractivity contribution in [1.29, 1.82) is 0 Å². The molecular weight excluding hydrogens is 2170 g/mol. The van der Waals surface area contributed by atoms with Crippen molar-refractivity contribution in [3.05, 3.63) is 0 Å². The molecule has 8 fully saturated rings. The van der Waals surface area contributed by atoms with Gasteiger partial charge < -0.3 is 157 Å². The number of hydrogen-bond donors (Lipinski definition) is 22. The zero-order valence-electron chi connectivity index (χ0n) is 89.5. The first-order valence-electron chi connectivity index (χ1n) is 52.4. The lowest BCUT2D eigenvalue weighted by Gasteiger charge is -2.34. The monoisotopic (exact) mass is 2350 g/mol. The van der Waals surface area contributed by atoms with E-state index in [0.717, 1.165) is 112 Å². The number of aliphatic carboxylic acids is 1. The molecule has 8 heterocycles. The maximum Gasteiger partial charge on any atom is 0.321 e. The van der Waals surface area contributed by atoms with Gasteiger partial charge in [-0.2, -0.15) is 47.0 Å². The predicted molar refractivity (Wildman–Crippen MR) is 617 cm³/mol. The normalized spacial score (nSPS) is 21.6. The smallest absolute Gasteiger partial charge is 0.321 e. The Morgan fingerprint density at radius 2 is 0.613 bits per heavy atom. The third kappa shape index (κ3) is 58.7. The standard InChI is InChI=1S/C26H48N6O7S3.C25H47N5O5S3.C23H43N5O5S3.C21H39N5O5S3/c1-25(2,41-42-26(3,4)21(28)23(35)36)20(27)22(34)30-10-12-39-14-13-38-11-9-29-18(33)8-6-5-7-17-19-16(15-40-17)31-24(37)32-19;1-17(2)22(37-38-25(3,4)16-26)23(32)28-10-12-35-14-13-34-11-9-27-20(31)8-6-5-7-19-21-18(15-36-19)29-24(33)30-21;1-16(35-36-23(2,3)15-24)21(30)26-9-11-33-13-12-32-10-8-25-19(29)7-5-4-6-18-20-17(14-34-18)27-22(31)28-20;22-6-14-34-33-13-5-19(28)24-8-10-31-12-11-30-9-7-23-18(27)4-2-1-3-17-20-16(15-32-17)25-21(29)26-20/h16-17,19-21H,5-15,27-28H2,1-4H3,(H,29,33)(H,30,34)(H,35,36)(H2,31,32,37);17-19,21-22H,5-16,26H2,1-4H3,(H,27,31)(H,28,32)(H2,29,30,33);16-18,20H,4-15,24H2,1-3H3,(H,25,29)(H,26,30)(H2,27,28,31);16-17,20H,1-15,22H2,(H,23,27)(H,24,28)(H2,25,26,29)/t16-,17?,19-,20+,21-;18-,19?,21-,22?;16?,17-,18?,20-;16-,17?,20-/m1111/s1. The second kappa shape index (κ2) is 78.3. The Morgan fingerprint density at radius 3 is 0.900 bits per heavy atom. The summed E-state index contributed by atoms with van der Waals surface area (Å²) in [6.07, 6.45) is 13.7. The van der Waals surface area contributed by atoms with Crippen molar-refractivity contribution in [1.82, 2.24) is 85.1 Å². The zero-order chi connectivity index (χ0) is 110. The maximum atomic E-state index is 12.5. The van der Waals surface area contributed by atoms with E-state index in [1.165, 1.54) is 32.4 Å².